The van der Waals surface area contributed by atoms with Crippen LogP contribution in [0.4, 0.5) is 11.5 Å². The van der Waals surface area contributed by atoms with Gasteiger partial charge >= 0.3 is 0 Å². The van der Waals surface area contributed by atoms with E-state index in [4.69, 9.17) is 5.73 Å². The number of nitriles is 1. The number of rotatable bonds is 6. The molecule has 2 aromatic rings. The molecule has 0 saturated heterocycles. The van der Waals surface area contributed by atoms with E-state index in [1.165, 1.54) is 0 Å². The number of primary amides is 1. The Kier molecular flexibility index (Phi) is 6.21. The number of hydrogen-bond donors (Lipinski definition) is 3. The van der Waals surface area contributed by atoms with E-state index in [1.807, 2.05) is 18.2 Å². The second-order valence-electron chi connectivity index (χ2n) is 8.52. The van der Waals surface area contributed by atoms with Crippen molar-refractivity contribution in [2.24, 2.45) is 17.6 Å². The maximum atomic E-state index is 12.2. The Morgan fingerprint density at radius 3 is 2.55 bits per heavy atom. The van der Waals surface area contributed by atoms with Gasteiger partial charge in [0.05, 0.1) is 18.0 Å². The second-order valence-corrected chi connectivity index (χ2v) is 8.52. The molecule has 2 aliphatic rings. The molecule has 0 radical (unpaired) electrons. The van der Waals surface area contributed by atoms with Crippen LogP contribution >= 0.6 is 0 Å². The second kappa shape index (κ2) is 9.21. The van der Waals surface area contributed by atoms with Crippen molar-refractivity contribution in [2.75, 3.05) is 10.6 Å². The van der Waals surface area contributed by atoms with Crippen molar-refractivity contribution in [2.45, 2.75) is 57.0 Å². The van der Waals surface area contributed by atoms with E-state index in [0.717, 1.165) is 50.6 Å². The zero-order valence-electron chi connectivity index (χ0n) is 17.5. The maximum absolute atomic E-state index is 12.2. The molecule has 2 fully saturated rings. The number of aromatic nitrogens is 2. The van der Waals surface area contributed by atoms with Gasteiger partial charge in [-0.2, -0.15) is 10.4 Å². The van der Waals surface area contributed by atoms with E-state index < -0.39 is 5.91 Å². The summed E-state index contributed by atoms with van der Waals surface area (Å²) in [5.74, 6) is -0.800. The Labute approximate surface area is 181 Å². The van der Waals surface area contributed by atoms with Gasteiger partial charge in [0.1, 0.15) is 5.56 Å². The van der Waals surface area contributed by atoms with E-state index >= 15 is 0 Å². The van der Waals surface area contributed by atoms with E-state index in [-0.39, 0.29) is 35.2 Å². The number of amides is 2. The van der Waals surface area contributed by atoms with Gasteiger partial charge in [0.25, 0.3) is 5.91 Å². The molecule has 1 heterocycles. The molecule has 2 amide bonds. The summed E-state index contributed by atoms with van der Waals surface area (Å²) in [4.78, 5) is 24.2. The standard InChI is InChI=1S/C23H28N6O2/c24-13-16-5-4-8-18(26-17-6-2-1-3-7-17)11-12-20(16)29-14-19(21(25)30)22(28-29)27-23(31)15-9-10-15/h1-3,6-7,14-16,18,20,26H,4-5,8-12H2,(H2,25,30)(H,27,28,31). The number of nitrogens with one attached hydrogen (secondary N) is 2. The summed E-state index contributed by atoms with van der Waals surface area (Å²) in [6.45, 7) is 0. The smallest absolute Gasteiger partial charge is 0.254 e. The fourth-order valence-electron chi connectivity index (χ4n) is 4.27. The lowest BCUT2D eigenvalue weighted by Crippen LogP contribution is -2.28. The minimum Gasteiger partial charge on any atom is -0.382 e. The highest BCUT2D eigenvalue weighted by Crippen LogP contribution is 2.34. The first-order valence-corrected chi connectivity index (χ1v) is 11.0. The highest BCUT2D eigenvalue weighted by molar-refractivity contribution is 6.02. The minimum atomic E-state index is -0.639. The van der Waals surface area contributed by atoms with Crippen molar-refractivity contribution in [3.05, 3.63) is 42.1 Å². The molecule has 8 nitrogen and oxygen atoms in total. The number of hydrogen-bond acceptors (Lipinski definition) is 5. The van der Waals surface area contributed by atoms with Crippen molar-refractivity contribution in [1.82, 2.24) is 9.78 Å². The Balaban J connectivity index is 1.53. The first kappa shape index (κ1) is 20.9. The normalized spacial score (nSPS) is 23.8. The summed E-state index contributed by atoms with van der Waals surface area (Å²) in [6.07, 6.45) is 7.57. The monoisotopic (exact) mass is 420 g/mol. The van der Waals surface area contributed by atoms with Crippen LogP contribution in [0.5, 0.6) is 0 Å². The Morgan fingerprint density at radius 1 is 1.10 bits per heavy atom. The van der Waals surface area contributed by atoms with Crippen molar-refractivity contribution < 1.29 is 9.59 Å². The molecule has 3 unspecified atom stereocenters. The molecule has 0 spiro atoms. The number of anilines is 2. The first-order valence-electron chi connectivity index (χ1n) is 11.0. The van der Waals surface area contributed by atoms with Crippen LogP contribution in [0.15, 0.2) is 36.5 Å². The third-order valence-corrected chi connectivity index (χ3v) is 6.18. The lowest BCUT2D eigenvalue weighted by atomic mass is 9.86. The summed E-state index contributed by atoms with van der Waals surface area (Å²) in [5.41, 5.74) is 6.81. The van der Waals surface area contributed by atoms with Crippen molar-refractivity contribution >= 4 is 23.3 Å². The van der Waals surface area contributed by atoms with Gasteiger partial charge in [-0.15, -0.1) is 0 Å². The number of carbonyl (C=O) groups is 2. The fraction of sp³-hybridized carbons (Fsp3) is 0.478. The molecular formula is C23H28N6O2. The van der Waals surface area contributed by atoms with Crippen LogP contribution in [0.25, 0.3) is 0 Å². The van der Waals surface area contributed by atoms with Crippen molar-refractivity contribution in [3.8, 4) is 6.07 Å². The highest BCUT2D eigenvalue weighted by Gasteiger charge is 2.33. The largest absolute Gasteiger partial charge is 0.382 e. The predicted molar refractivity (Wildman–Crippen MR) is 117 cm³/mol. The van der Waals surface area contributed by atoms with Crippen LogP contribution in [-0.2, 0) is 4.79 Å². The molecule has 1 aromatic carbocycles. The van der Waals surface area contributed by atoms with Gasteiger partial charge in [-0.3, -0.25) is 14.3 Å². The zero-order valence-corrected chi connectivity index (χ0v) is 17.5. The Bertz CT molecular complexity index is 976. The predicted octanol–water partition coefficient (Wildman–Crippen LogP) is 3.46. The quantitative estimate of drug-likeness (QED) is 0.660. The Hall–Kier alpha value is -3.34. The average Bonchev–Trinajstić information content (AvgIpc) is 3.52. The van der Waals surface area contributed by atoms with Gasteiger partial charge < -0.3 is 16.4 Å². The molecule has 8 heteroatoms. The lowest BCUT2D eigenvalue weighted by molar-refractivity contribution is -0.117. The summed E-state index contributed by atoms with van der Waals surface area (Å²) in [7, 11) is 0. The van der Waals surface area contributed by atoms with Gasteiger partial charge in [-0.05, 0) is 50.7 Å². The van der Waals surface area contributed by atoms with Crippen molar-refractivity contribution in [1.29, 1.82) is 5.26 Å². The molecule has 162 valence electrons. The van der Waals surface area contributed by atoms with E-state index in [1.54, 1.807) is 10.9 Å². The molecule has 2 aliphatic carbocycles. The number of carbonyl (C=O) groups excluding carboxylic acids is 2. The molecule has 31 heavy (non-hydrogen) atoms. The van der Waals surface area contributed by atoms with E-state index in [0.29, 0.717) is 6.04 Å². The zero-order chi connectivity index (χ0) is 21.8. The van der Waals surface area contributed by atoms with Crippen LogP contribution in [-0.4, -0.2) is 27.6 Å². The number of nitrogens with zero attached hydrogens (tertiary/aromatic N) is 3. The van der Waals surface area contributed by atoms with Crippen LogP contribution in [0.2, 0.25) is 0 Å². The van der Waals surface area contributed by atoms with Gasteiger partial charge in [-0.25, -0.2) is 0 Å². The number of para-hydroxylation sites is 1. The molecule has 2 saturated carbocycles. The molecular weight excluding hydrogens is 392 g/mol. The van der Waals surface area contributed by atoms with Crippen LogP contribution in [0.3, 0.4) is 0 Å². The average molecular weight is 421 g/mol. The summed E-state index contributed by atoms with van der Waals surface area (Å²) in [5, 5.41) is 20.6. The number of nitrogens with two attached hydrogens (primary N) is 1. The van der Waals surface area contributed by atoms with Gasteiger partial charge in [0.2, 0.25) is 5.91 Å². The highest BCUT2D eigenvalue weighted by atomic mass is 16.2. The fourth-order valence-corrected chi connectivity index (χ4v) is 4.27. The summed E-state index contributed by atoms with van der Waals surface area (Å²) >= 11 is 0. The van der Waals surface area contributed by atoms with Crippen LogP contribution < -0.4 is 16.4 Å². The summed E-state index contributed by atoms with van der Waals surface area (Å²) in [6, 6.07) is 12.6. The lowest BCUT2D eigenvalue weighted by Gasteiger charge is -2.29. The van der Waals surface area contributed by atoms with Gasteiger partial charge in [0, 0.05) is 23.8 Å². The van der Waals surface area contributed by atoms with Crippen molar-refractivity contribution in [3.63, 3.8) is 0 Å². The van der Waals surface area contributed by atoms with E-state index in [9.17, 15) is 14.9 Å². The minimum absolute atomic E-state index is 0.0102. The molecule has 3 atom stereocenters. The van der Waals surface area contributed by atoms with Gasteiger partial charge in [0.15, 0.2) is 5.82 Å². The molecule has 4 N–H and O–H groups in total. The maximum Gasteiger partial charge on any atom is 0.254 e. The molecule has 1 aromatic heterocycles. The van der Waals surface area contributed by atoms with Crippen LogP contribution in [0, 0.1) is 23.2 Å². The van der Waals surface area contributed by atoms with E-state index in [2.05, 4.69) is 33.9 Å². The molecule has 0 aliphatic heterocycles. The Morgan fingerprint density at radius 2 is 1.87 bits per heavy atom. The number of benzene rings is 1. The third-order valence-electron chi connectivity index (χ3n) is 6.18. The molecule has 0 bridgehead atoms. The topological polar surface area (TPSA) is 126 Å². The van der Waals surface area contributed by atoms with Crippen LogP contribution in [0.1, 0.15) is 61.3 Å². The van der Waals surface area contributed by atoms with Gasteiger partial charge in [-0.1, -0.05) is 24.6 Å². The third kappa shape index (κ3) is 5.05. The SMILES string of the molecule is N#CC1CCCC(Nc2ccccc2)CCC1n1cc(C(N)=O)c(NC(=O)C2CC2)n1. The summed E-state index contributed by atoms with van der Waals surface area (Å²) < 4.78 is 1.67. The molecule has 4 rings (SSSR count). The first-order chi connectivity index (χ1) is 15.0.